The Labute approximate surface area is 229 Å². The molecule has 34 heavy (non-hydrogen) atoms. The number of rotatable bonds is 6. The molecule has 2 aromatic carbocycles. The summed E-state index contributed by atoms with van der Waals surface area (Å²) in [6, 6.07) is 26.7. The summed E-state index contributed by atoms with van der Waals surface area (Å²) in [7, 11) is 0. The molecule has 0 aliphatic carbocycles. The summed E-state index contributed by atoms with van der Waals surface area (Å²) in [6.07, 6.45) is 1.72. The number of hydrogen-bond donors (Lipinski definition) is 0. The first-order chi connectivity index (χ1) is 14.8. The molecule has 2 unspecified atom stereocenters. The van der Waals surface area contributed by atoms with Crippen LogP contribution in [0.5, 0.6) is 0 Å². The Bertz CT molecular complexity index is 1000. The minimum absolute atomic E-state index is 0. The first-order valence-electron chi connectivity index (χ1n) is 10.3. The molecule has 0 N–H and O–H groups in total. The number of halogens is 3. The quantitative estimate of drug-likeness (QED) is 0.284. The normalized spacial score (nSPS) is 17.9. The Kier molecular flexibility index (Phi) is 12.6. The maximum absolute atomic E-state index is 5.85. The van der Waals surface area contributed by atoms with Crippen molar-refractivity contribution in [1.82, 2.24) is 4.98 Å². The van der Waals surface area contributed by atoms with Gasteiger partial charge in [0.2, 0.25) is 11.8 Å². The van der Waals surface area contributed by atoms with Crippen LogP contribution < -0.4 is 37.2 Å². The number of aromatic nitrogens is 1. The molecule has 0 amide bonds. The smallest absolute Gasteiger partial charge is 1.00 e. The molecule has 2 aliphatic rings. The van der Waals surface area contributed by atoms with Gasteiger partial charge in [0.05, 0.1) is 12.1 Å². The van der Waals surface area contributed by atoms with E-state index in [1.54, 1.807) is 0 Å². The summed E-state index contributed by atoms with van der Waals surface area (Å²) in [5, 5.41) is 0. The minimum Gasteiger partial charge on any atom is -1.00 e. The molecule has 2 aliphatic heterocycles. The van der Waals surface area contributed by atoms with Crippen molar-refractivity contribution in [1.29, 1.82) is 0 Å². The van der Waals surface area contributed by atoms with Gasteiger partial charge in [0, 0.05) is 0 Å². The van der Waals surface area contributed by atoms with Crippen molar-refractivity contribution in [2.24, 2.45) is 9.98 Å². The summed E-state index contributed by atoms with van der Waals surface area (Å²) in [6.45, 7) is 1.15. The first-order valence-corrected chi connectivity index (χ1v) is 10.3. The molecule has 0 saturated heterocycles. The van der Waals surface area contributed by atoms with Crippen LogP contribution in [-0.2, 0) is 39.4 Å². The van der Waals surface area contributed by atoms with Crippen molar-refractivity contribution in [3.63, 3.8) is 0 Å². The van der Waals surface area contributed by atoms with Crippen LogP contribution in [0.1, 0.15) is 22.5 Å². The Hall–Kier alpha value is -2.08. The summed E-state index contributed by atoms with van der Waals surface area (Å²) in [5.74, 6) is 1.19. The van der Waals surface area contributed by atoms with Gasteiger partial charge >= 0.3 is 17.1 Å². The Morgan fingerprint density at radius 2 is 1.00 bits per heavy atom. The predicted octanol–water partition coefficient (Wildman–Crippen LogP) is -5.13. The van der Waals surface area contributed by atoms with Crippen molar-refractivity contribution in [2.75, 3.05) is 13.2 Å². The standard InChI is InChI=1S/C25H23N3O2.3ClH.Fe/c1-3-8-18(9-4-1)14-20-16-29-24(26-20)22-12-7-13-23(28-22)25-27-21(17-30-25)15-19-10-5-2-6-11-19;;;;/h1-13,20-21H,14-17H2;3*1H;/q;;;;+3/p-3. The second-order valence-corrected chi connectivity index (χ2v) is 7.59. The van der Waals surface area contributed by atoms with Crippen molar-refractivity contribution >= 4 is 11.8 Å². The van der Waals surface area contributed by atoms with E-state index in [1.165, 1.54) is 11.1 Å². The van der Waals surface area contributed by atoms with E-state index < -0.39 is 0 Å². The van der Waals surface area contributed by atoms with Gasteiger partial charge in [0.1, 0.15) is 24.6 Å². The number of nitrogens with zero attached hydrogens (tertiary/aromatic N) is 3. The summed E-state index contributed by atoms with van der Waals surface area (Å²) in [5.41, 5.74) is 3.97. The van der Waals surface area contributed by atoms with Crippen LogP contribution in [-0.4, -0.2) is 42.1 Å². The van der Waals surface area contributed by atoms with Crippen LogP contribution in [0, 0.1) is 0 Å². The van der Waals surface area contributed by atoms with Crippen LogP contribution >= 0.6 is 0 Å². The topological polar surface area (TPSA) is 56.1 Å². The number of benzene rings is 2. The largest absolute Gasteiger partial charge is 3.00 e. The van der Waals surface area contributed by atoms with Gasteiger partial charge in [-0.15, -0.1) is 0 Å². The number of pyridine rings is 1. The number of ether oxygens (including phenoxy) is 2. The van der Waals surface area contributed by atoms with E-state index >= 15 is 0 Å². The molecule has 5 rings (SSSR count). The van der Waals surface area contributed by atoms with Crippen LogP contribution in [0.25, 0.3) is 0 Å². The van der Waals surface area contributed by atoms with E-state index in [2.05, 4.69) is 24.3 Å². The number of aliphatic imine (C=N–C) groups is 2. The second-order valence-electron chi connectivity index (χ2n) is 7.59. The zero-order chi connectivity index (χ0) is 20.2. The Morgan fingerprint density at radius 3 is 1.41 bits per heavy atom. The molecule has 1 radical (unpaired) electrons. The zero-order valence-corrected chi connectivity index (χ0v) is 21.5. The fraction of sp³-hybridized carbons (Fsp3) is 0.240. The molecule has 2 atom stereocenters. The van der Waals surface area contributed by atoms with Crippen molar-refractivity contribution in [3.05, 3.63) is 101 Å². The molecule has 179 valence electrons. The Morgan fingerprint density at radius 1 is 0.588 bits per heavy atom. The average Bonchev–Trinajstić information content (AvgIpc) is 3.45. The third kappa shape index (κ3) is 7.46. The van der Waals surface area contributed by atoms with Crippen molar-refractivity contribution in [2.45, 2.75) is 24.9 Å². The van der Waals surface area contributed by atoms with Crippen molar-refractivity contribution < 1.29 is 63.8 Å². The number of hydrogen-bond acceptors (Lipinski definition) is 5. The zero-order valence-electron chi connectivity index (χ0n) is 18.1. The van der Waals surface area contributed by atoms with Crippen LogP contribution in [0.3, 0.4) is 0 Å². The van der Waals surface area contributed by atoms with E-state index in [9.17, 15) is 0 Å². The van der Waals surface area contributed by atoms with Gasteiger partial charge in [-0.05, 0) is 36.1 Å². The third-order valence-corrected chi connectivity index (χ3v) is 5.24. The first kappa shape index (κ1) is 30.0. The van der Waals surface area contributed by atoms with Gasteiger partial charge in [-0.3, -0.25) is 0 Å². The molecule has 5 nitrogen and oxygen atoms in total. The summed E-state index contributed by atoms with van der Waals surface area (Å²) in [4.78, 5) is 14.2. The molecule has 0 bridgehead atoms. The minimum atomic E-state index is 0. The summed E-state index contributed by atoms with van der Waals surface area (Å²) < 4.78 is 11.7. The molecule has 0 fully saturated rings. The molecular formula is C25H23Cl3FeN3O2. The van der Waals surface area contributed by atoms with Crippen LogP contribution in [0.2, 0.25) is 0 Å². The molecule has 1 aromatic heterocycles. The maximum atomic E-state index is 5.85. The van der Waals surface area contributed by atoms with Gasteiger partial charge in [0.15, 0.2) is 0 Å². The second kappa shape index (κ2) is 14.3. The van der Waals surface area contributed by atoms with E-state index in [0.717, 1.165) is 24.2 Å². The predicted molar refractivity (Wildman–Crippen MR) is 117 cm³/mol. The van der Waals surface area contributed by atoms with Gasteiger partial charge in [-0.25, -0.2) is 15.0 Å². The van der Waals surface area contributed by atoms with Gasteiger partial charge in [-0.1, -0.05) is 66.7 Å². The summed E-state index contributed by atoms with van der Waals surface area (Å²) >= 11 is 0. The molecular weight excluding hydrogens is 536 g/mol. The monoisotopic (exact) mass is 558 g/mol. The Balaban J connectivity index is 0.00000144. The molecule has 9 heteroatoms. The molecule has 3 heterocycles. The molecule has 0 saturated carbocycles. The van der Waals surface area contributed by atoms with Crippen LogP contribution in [0.15, 0.2) is 88.8 Å². The van der Waals surface area contributed by atoms with Gasteiger partial charge in [0.25, 0.3) is 0 Å². The SMILES string of the molecule is [Cl-].[Cl-].[Cl-].[Fe+3].c1ccc(CC2COC(c3cccc(C4=NC(Cc5ccccc5)CO4)n3)=N2)cc1. The fourth-order valence-electron chi connectivity index (χ4n) is 3.77. The van der Waals surface area contributed by atoms with E-state index in [1.807, 2.05) is 54.6 Å². The van der Waals surface area contributed by atoms with Crippen LogP contribution in [0.4, 0.5) is 0 Å². The fourth-order valence-corrected chi connectivity index (χ4v) is 3.77. The molecule has 0 spiro atoms. The third-order valence-electron chi connectivity index (χ3n) is 5.24. The van der Waals surface area contributed by atoms with E-state index in [-0.39, 0.29) is 66.4 Å². The van der Waals surface area contributed by atoms with Crippen molar-refractivity contribution in [3.8, 4) is 0 Å². The van der Waals surface area contributed by atoms with E-state index in [0.29, 0.717) is 25.0 Å². The van der Waals surface area contributed by atoms with Gasteiger partial charge < -0.3 is 46.7 Å². The van der Waals surface area contributed by atoms with Gasteiger partial charge in [-0.2, -0.15) is 0 Å². The average molecular weight is 560 g/mol. The molecule has 3 aromatic rings. The van der Waals surface area contributed by atoms with E-state index in [4.69, 9.17) is 24.4 Å². The maximum Gasteiger partial charge on any atom is 3.00 e.